The molecule has 0 heterocycles. The van der Waals surface area contributed by atoms with Crippen molar-refractivity contribution < 1.29 is 56.8 Å². The Balaban J connectivity index is -0.0000000711. The Hall–Kier alpha value is -0.466. The second-order valence-corrected chi connectivity index (χ2v) is 3.35. The van der Waals surface area contributed by atoms with Crippen molar-refractivity contribution in [3.8, 4) is 0 Å². The molecule has 0 unspecified atom stereocenters. The second kappa shape index (κ2) is 24.5. The van der Waals surface area contributed by atoms with Gasteiger partial charge >= 0.3 is 11.9 Å². The Morgan fingerprint density at radius 2 is 0.857 bits per heavy atom. The van der Waals surface area contributed by atoms with Crippen LogP contribution in [0.5, 0.6) is 0 Å². The van der Waals surface area contributed by atoms with Crippen LogP contribution in [0, 0.1) is 5.41 Å². The van der Waals surface area contributed by atoms with Gasteiger partial charge in [-0.3, -0.25) is 9.59 Å². The number of aliphatic hydroxyl groups is 3. The predicted octanol–water partition coefficient (Wildman–Crippen LogP) is 0.955. The normalized spacial score (nSPS) is 8.38. The Bertz CT molecular complexity index is 198. The first-order valence-corrected chi connectivity index (χ1v) is 6.55. The summed E-state index contributed by atoms with van der Waals surface area (Å²) < 4.78 is 0. The van der Waals surface area contributed by atoms with Crippen molar-refractivity contribution in [3.05, 3.63) is 0 Å². The Morgan fingerprint density at radius 3 is 0.857 bits per heavy atom. The fourth-order valence-corrected chi connectivity index (χ4v) is 0.946. The zero-order chi connectivity index (χ0) is 17.2. The largest absolute Gasteiger partial charge is 0.480 e. The van der Waals surface area contributed by atoms with Crippen LogP contribution in [0.15, 0.2) is 0 Å². The predicted molar refractivity (Wildman–Crippen MR) is 76.6 cm³/mol. The Kier molecular flexibility index (Phi) is 38.0. The van der Waals surface area contributed by atoms with Gasteiger partial charge in [0.1, 0.15) is 0 Å². The van der Waals surface area contributed by atoms with Crippen LogP contribution in [0.25, 0.3) is 0 Å². The molecule has 0 aromatic carbocycles. The molecule has 0 aliphatic rings. The molecule has 0 aromatic heterocycles. The van der Waals surface area contributed by atoms with Gasteiger partial charge < -0.3 is 25.5 Å². The minimum absolute atomic E-state index is 0. The molecule has 0 spiro atoms. The molecule has 0 aliphatic heterocycles. The van der Waals surface area contributed by atoms with Crippen LogP contribution in [0.4, 0.5) is 0 Å². The molecule has 0 radical (unpaired) electrons. The summed E-state index contributed by atoms with van der Waals surface area (Å²) in [6, 6.07) is 0. The third-order valence-corrected chi connectivity index (χ3v) is 2.03. The molecular weight excluding hydrogens is 316 g/mol. The Morgan fingerprint density at radius 1 is 0.714 bits per heavy atom. The molecule has 0 atom stereocenters. The maximum atomic E-state index is 10.5. The van der Waals surface area contributed by atoms with Crippen LogP contribution >= 0.6 is 0 Å². The first-order chi connectivity index (χ1) is 9.25. The average molecular weight is 346 g/mol. The molecule has 21 heavy (non-hydrogen) atoms. The van der Waals surface area contributed by atoms with Crippen LogP contribution in [0.1, 0.15) is 47.5 Å². The van der Waals surface area contributed by atoms with E-state index in [0.717, 1.165) is 0 Å². The number of carboxylic acids is 2. The second-order valence-electron chi connectivity index (χ2n) is 3.35. The molecule has 0 amide bonds. The average Bonchev–Trinajstić information content (AvgIpc) is 2.33. The summed E-state index contributed by atoms with van der Waals surface area (Å²) in [5.41, 5.74) is -1.58. The van der Waals surface area contributed by atoms with E-state index in [2.05, 4.69) is 0 Å². The minimum Gasteiger partial charge on any atom is -0.480 e. The molecule has 0 aliphatic carbocycles. The molecule has 0 aromatic rings. The molecule has 0 rings (SSSR count). The summed E-state index contributed by atoms with van der Waals surface area (Å²) >= 11 is 0. The van der Waals surface area contributed by atoms with Crippen LogP contribution in [0.3, 0.4) is 0 Å². The SMILES string of the molecule is CCC(CC)(C(=O)O)C(=O)O.CCO.CCO.CCO.[Ti]. The van der Waals surface area contributed by atoms with Crippen molar-refractivity contribution in [2.24, 2.45) is 5.41 Å². The number of hydrogen-bond acceptors (Lipinski definition) is 5. The summed E-state index contributed by atoms with van der Waals surface area (Å²) in [4.78, 5) is 21.1. The van der Waals surface area contributed by atoms with Crippen molar-refractivity contribution in [3.63, 3.8) is 0 Å². The number of carbonyl (C=O) groups is 2. The quantitative estimate of drug-likeness (QED) is 0.378. The fraction of sp³-hybridized carbons (Fsp3) is 0.846. The van der Waals surface area contributed by atoms with E-state index in [1.807, 2.05) is 0 Å². The van der Waals surface area contributed by atoms with Crippen molar-refractivity contribution in [1.29, 1.82) is 0 Å². The smallest absolute Gasteiger partial charge is 0.321 e. The first kappa shape index (κ1) is 32.5. The molecule has 7 nitrogen and oxygen atoms in total. The summed E-state index contributed by atoms with van der Waals surface area (Å²) in [5, 5.41) is 39.9. The molecule has 8 heteroatoms. The van der Waals surface area contributed by atoms with E-state index in [4.69, 9.17) is 25.5 Å². The van der Waals surface area contributed by atoms with Crippen molar-refractivity contribution >= 4 is 11.9 Å². The van der Waals surface area contributed by atoms with Gasteiger partial charge in [0, 0.05) is 41.5 Å². The zero-order valence-corrected chi connectivity index (χ0v) is 15.1. The van der Waals surface area contributed by atoms with Gasteiger partial charge in [0.05, 0.1) is 0 Å². The summed E-state index contributed by atoms with van der Waals surface area (Å²) in [6.45, 7) is 8.91. The number of aliphatic carboxylic acids is 2. The van der Waals surface area contributed by atoms with Crippen LogP contribution in [-0.4, -0.2) is 57.3 Å². The maximum Gasteiger partial charge on any atom is 0.321 e. The molecule has 0 bridgehead atoms. The van der Waals surface area contributed by atoms with E-state index in [1.54, 1.807) is 34.6 Å². The van der Waals surface area contributed by atoms with E-state index < -0.39 is 17.4 Å². The molecule has 0 saturated heterocycles. The molecule has 5 N–H and O–H groups in total. The van der Waals surface area contributed by atoms with Crippen LogP contribution in [0.2, 0.25) is 0 Å². The third-order valence-electron chi connectivity index (χ3n) is 2.03. The standard InChI is InChI=1S/C7H12O4.3C2H6O.Ti/c1-3-7(4-2,5(8)9)6(10)11;3*1-2-3;/h3-4H2,1-2H3,(H,8,9)(H,10,11);3*3H,2H2,1H3;. The molecular formula is C13H30O7Ti. The van der Waals surface area contributed by atoms with E-state index in [9.17, 15) is 9.59 Å². The van der Waals surface area contributed by atoms with Crippen LogP contribution < -0.4 is 0 Å². The fourth-order valence-electron chi connectivity index (χ4n) is 0.946. The number of carboxylic acid groups (broad SMARTS) is 2. The summed E-state index contributed by atoms with van der Waals surface area (Å²) in [7, 11) is 0. The van der Waals surface area contributed by atoms with E-state index in [0.29, 0.717) is 0 Å². The zero-order valence-electron chi connectivity index (χ0n) is 13.6. The van der Waals surface area contributed by atoms with Gasteiger partial charge in [0.25, 0.3) is 0 Å². The van der Waals surface area contributed by atoms with Gasteiger partial charge in [-0.25, -0.2) is 0 Å². The van der Waals surface area contributed by atoms with E-state index in [-0.39, 0.29) is 54.4 Å². The maximum absolute atomic E-state index is 10.5. The monoisotopic (exact) mass is 346 g/mol. The molecule has 0 saturated carbocycles. The third kappa shape index (κ3) is 19.5. The van der Waals surface area contributed by atoms with Crippen molar-refractivity contribution in [1.82, 2.24) is 0 Å². The minimum atomic E-state index is -1.58. The first-order valence-electron chi connectivity index (χ1n) is 6.55. The van der Waals surface area contributed by atoms with E-state index >= 15 is 0 Å². The number of aliphatic hydroxyl groups excluding tert-OH is 3. The van der Waals surface area contributed by atoms with Gasteiger partial charge in [-0.05, 0) is 33.6 Å². The van der Waals surface area contributed by atoms with Gasteiger partial charge in [0.2, 0.25) is 0 Å². The Labute approximate surface area is 141 Å². The van der Waals surface area contributed by atoms with Gasteiger partial charge in [-0.1, -0.05) is 13.8 Å². The van der Waals surface area contributed by atoms with Gasteiger partial charge in [-0.2, -0.15) is 0 Å². The number of rotatable bonds is 4. The summed E-state index contributed by atoms with van der Waals surface area (Å²) in [6.07, 6.45) is 0.238. The van der Waals surface area contributed by atoms with Crippen LogP contribution in [-0.2, 0) is 31.3 Å². The molecule has 128 valence electrons. The summed E-state index contributed by atoms with van der Waals surface area (Å²) in [5.74, 6) is -2.51. The van der Waals surface area contributed by atoms with Gasteiger partial charge in [0.15, 0.2) is 5.41 Å². The van der Waals surface area contributed by atoms with Crippen molar-refractivity contribution in [2.75, 3.05) is 19.8 Å². The topological polar surface area (TPSA) is 135 Å². The van der Waals surface area contributed by atoms with Gasteiger partial charge in [-0.15, -0.1) is 0 Å². The number of hydrogen-bond donors (Lipinski definition) is 5. The molecule has 0 fully saturated rings. The van der Waals surface area contributed by atoms with E-state index in [1.165, 1.54) is 0 Å². The van der Waals surface area contributed by atoms with Crippen molar-refractivity contribution in [2.45, 2.75) is 47.5 Å².